The maximum absolute atomic E-state index is 11.2. The highest BCUT2D eigenvalue weighted by atomic mass is 16.6. The molecule has 4 N–H and O–H groups in total. The number of hydrogen-bond acceptors (Lipinski definition) is 7. The molecule has 7 nitrogen and oxygen atoms in total. The lowest BCUT2D eigenvalue weighted by Gasteiger charge is -2.27. The lowest BCUT2D eigenvalue weighted by atomic mass is 10.0. The van der Waals surface area contributed by atoms with Gasteiger partial charge in [-0.15, -0.1) is 0 Å². The van der Waals surface area contributed by atoms with Crippen LogP contribution in [0.2, 0.25) is 0 Å². The molecule has 0 saturated heterocycles. The minimum atomic E-state index is -1.76. The predicted molar refractivity (Wildman–Crippen MR) is 56.0 cm³/mol. The molecule has 4 atom stereocenters. The van der Waals surface area contributed by atoms with Crippen LogP contribution in [0.15, 0.2) is 0 Å². The van der Waals surface area contributed by atoms with Gasteiger partial charge in [-0.25, -0.2) is 0 Å². The van der Waals surface area contributed by atoms with Crippen molar-refractivity contribution in [2.24, 2.45) is 0 Å². The minimum absolute atomic E-state index is 0.0595. The van der Waals surface area contributed by atoms with Crippen molar-refractivity contribution in [3.8, 4) is 0 Å². The maximum Gasteiger partial charge on any atom is 0.306 e. The number of aldehydes is 1. The zero-order valence-electron chi connectivity index (χ0n) is 9.52. The van der Waals surface area contributed by atoms with Crippen molar-refractivity contribution in [1.82, 2.24) is 0 Å². The number of rotatable bonds is 8. The molecule has 0 aliphatic rings. The number of ether oxygens (including phenoxy) is 1. The van der Waals surface area contributed by atoms with Gasteiger partial charge in [-0.05, 0) is 6.42 Å². The van der Waals surface area contributed by atoms with Crippen LogP contribution >= 0.6 is 0 Å². The van der Waals surface area contributed by atoms with Gasteiger partial charge >= 0.3 is 5.97 Å². The zero-order chi connectivity index (χ0) is 13.4. The molecular weight excluding hydrogens is 232 g/mol. The first-order valence-corrected chi connectivity index (χ1v) is 5.27. The summed E-state index contributed by atoms with van der Waals surface area (Å²) in [5, 5.41) is 36.5. The van der Waals surface area contributed by atoms with Crippen LogP contribution in [0.25, 0.3) is 0 Å². The number of carbonyl (C=O) groups is 2. The van der Waals surface area contributed by atoms with Gasteiger partial charge < -0.3 is 30.0 Å². The van der Waals surface area contributed by atoms with Gasteiger partial charge in [-0.1, -0.05) is 6.92 Å². The zero-order valence-corrected chi connectivity index (χ0v) is 9.52. The molecule has 0 bridgehead atoms. The molecule has 0 radical (unpaired) electrons. The summed E-state index contributed by atoms with van der Waals surface area (Å²) in [5.74, 6) is -0.706. The van der Waals surface area contributed by atoms with Gasteiger partial charge in [0.25, 0.3) is 0 Å². The second-order valence-corrected chi connectivity index (χ2v) is 3.57. The molecule has 17 heavy (non-hydrogen) atoms. The van der Waals surface area contributed by atoms with Crippen molar-refractivity contribution in [1.29, 1.82) is 0 Å². The third-order valence-corrected chi connectivity index (χ3v) is 2.12. The lowest BCUT2D eigenvalue weighted by Crippen LogP contribution is -2.48. The molecule has 0 aromatic heterocycles. The fourth-order valence-electron chi connectivity index (χ4n) is 1.16. The van der Waals surface area contributed by atoms with Gasteiger partial charge in [0.15, 0.2) is 12.4 Å². The van der Waals surface area contributed by atoms with E-state index in [0.29, 0.717) is 6.42 Å². The summed E-state index contributed by atoms with van der Waals surface area (Å²) in [6.45, 7) is 0.944. The molecule has 0 aromatic rings. The van der Waals surface area contributed by atoms with Gasteiger partial charge in [-0.2, -0.15) is 0 Å². The Morgan fingerprint density at radius 1 is 1.35 bits per heavy atom. The topological polar surface area (TPSA) is 124 Å². The Balaban J connectivity index is 4.63. The normalized spacial score (nSPS) is 17.9. The first kappa shape index (κ1) is 16.0. The fraction of sp³-hybridized carbons (Fsp3) is 0.800. The number of aliphatic hydroxyl groups is 4. The quantitative estimate of drug-likeness (QED) is 0.289. The van der Waals surface area contributed by atoms with E-state index >= 15 is 0 Å². The molecule has 0 fully saturated rings. The number of hydrogen-bond donors (Lipinski definition) is 4. The Bertz CT molecular complexity index is 243. The summed E-state index contributed by atoms with van der Waals surface area (Å²) in [6, 6.07) is 0. The highest BCUT2D eigenvalue weighted by molar-refractivity contribution is 5.70. The van der Waals surface area contributed by atoms with E-state index in [2.05, 4.69) is 4.74 Å². The van der Waals surface area contributed by atoms with E-state index in [-0.39, 0.29) is 12.7 Å². The standard InChI is InChI=1S/C10H18O7/c1-2-3-8(15)17-10(7(14)5-12)9(16)6(13)4-11/h5-7,9-11,13-14,16H,2-4H2,1H3/t6-,7+,9-,10-/m1/s1. The van der Waals surface area contributed by atoms with E-state index in [1.54, 1.807) is 6.92 Å². The second kappa shape index (κ2) is 8.13. The molecule has 100 valence electrons. The molecule has 0 saturated carbocycles. The van der Waals surface area contributed by atoms with Crippen molar-refractivity contribution in [3.63, 3.8) is 0 Å². The van der Waals surface area contributed by atoms with Crippen LogP contribution in [0.1, 0.15) is 19.8 Å². The van der Waals surface area contributed by atoms with Crippen molar-refractivity contribution in [2.75, 3.05) is 6.61 Å². The van der Waals surface area contributed by atoms with Gasteiger partial charge in [0.2, 0.25) is 0 Å². The monoisotopic (exact) mass is 250 g/mol. The summed E-state index contributed by atoms with van der Waals surface area (Å²) in [6.07, 6.45) is -6.05. The fourth-order valence-corrected chi connectivity index (χ4v) is 1.16. The highest BCUT2D eigenvalue weighted by Crippen LogP contribution is 2.10. The number of carbonyl (C=O) groups excluding carboxylic acids is 2. The average molecular weight is 250 g/mol. The first-order chi connectivity index (χ1) is 7.97. The van der Waals surface area contributed by atoms with Crippen molar-refractivity contribution < 1.29 is 34.8 Å². The second-order valence-electron chi connectivity index (χ2n) is 3.57. The van der Waals surface area contributed by atoms with E-state index in [9.17, 15) is 19.8 Å². The highest BCUT2D eigenvalue weighted by Gasteiger charge is 2.34. The lowest BCUT2D eigenvalue weighted by molar-refractivity contribution is -0.174. The van der Waals surface area contributed by atoms with E-state index in [4.69, 9.17) is 10.2 Å². The summed E-state index contributed by atoms with van der Waals surface area (Å²) in [4.78, 5) is 21.6. The van der Waals surface area contributed by atoms with Gasteiger partial charge in [0.05, 0.1) is 6.61 Å². The van der Waals surface area contributed by atoms with E-state index in [0.717, 1.165) is 0 Å². The molecule has 0 rings (SSSR count). The Morgan fingerprint density at radius 3 is 2.35 bits per heavy atom. The molecule has 7 heteroatoms. The van der Waals surface area contributed by atoms with Crippen LogP contribution in [-0.2, 0) is 14.3 Å². The summed E-state index contributed by atoms with van der Waals surface area (Å²) >= 11 is 0. The van der Waals surface area contributed by atoms with Crippen LogP contribution in [0.5, 0.6) is 0 Å². The van der Waals surface area contributed by atoms with Crippen LogP contribution in [-0.4, -0.2) is 63.7 Å². The molecule has 0 aliphatic carbocycles. The van der Waals surface area contributed by atoms with Crippen LogP contribution in [0.4, 0.5) is 0 Å². The van der Waals surface area contributed by atoms with Crippen LogP contribution in [0, 0.1) is 0 Å². The van der Waals surface area contributed by atoms with Gasteiger partial charge in [-0.3, -0.25) is 4.79 Å². The van der Waals surface area contributed by atoms with E-state index < -0.39 is 37.0 Å². The Hall–Kier alpha value is -1.02. The Labute approximate surface area is 98.6 Å². The number of esters is 1. The third-order valence-electron chi connectivity index (χ3n) is 2.12. The molecule has 0 aromatic carbocycles. The average Bonchev–Trinajstić information content (AvgIpc) is 2.33. The van der Waals surface area contributed by atoms with Crippen molar-refractivity contribution in [3.05, 3.63) is 0 Å². The first-order valence-electron chi connectivity index (χ1n) is 5.27. The largest absolute Gasteiger partial charge is 0.456 e. The third kappa shape index (κ3) is 5.22. The minimum Gasteiger partial charge on any atom is -0.456 e. The van der Waals surface area contributed by atoms with Gasteiger partial charge in [0, 0.05) is 6.42 Å². The van der Waals surface area contributed by atoms with Crippen molar-refractivity contribution in [2.45, 2.75) is 44.2 Å². The maximum atomic E-state index is 11.2. The summed E-state index contributed by atoms with van der Waals surface area (Å²) in [7, 11) is 0. The molecule has 0 aliphatic heterocycles. The van der Waals surface area contributed by atoms with Crippen molar-refractivity contribution >= 4 is 12.3 Å². The van der Waals surface area contributed by atoms with Crippen LogP contribution < -0.4 is 0 Å². The molecule has 0 unspecified atom stereocenters. The Kier molecular flexibility index (Phi) is 7.64. The molecular formula is C10H18O7. The molecule has 0 amide bonds. The number of aliphatic hydroxyl groups excluding tert-OH is 4. The molecule has 0 heterocycles. The smallest absolute Gasteiger partial charge is 0.306 e. The van der Waals surface area contributed by atoms with Crippen LogP contribution in [0.3, 0.4) is 0 Å². The van der Waals surface area contributed by atoms with E-state index in [1.165, 1.54) is 0 Å². The Morgan fingerprint density at radius 2 is 1.94 bits per heavy atom. The summed E-state index contributed by atoms with van der Waals surface area (Å²) in [5.41, 5.74) is 0. The SMILES string of the molecule is CCCC(=O)O[C@@H]([C@H](O)[C@H](O)CO)[C@@H](O)C=O. The van der Waals surface area contributed by atoms with E-state index in [1.807, 2.05) is 0 Å². The van der Waals surface area contributed by atoms with Gasteiger partial charge in [0.1, 0.15) is 18.3 Å². The predicted octanol–water partition coefficient (Wildman–Crippen LogP) is -2.03. The molecule has 0 spiro atoms. The summed E-state index contributed by atoms with van der Waals surface area (Å²) < 4.78 is 4.69.